The summed E-state index contributed by atoms with van der Waals surface area (Å²) in [4.78, 5) is 23.0. The van der Waals surface area contributed by atoms with Crippen molar-refractivity contribution in [1.29, 1.82) is 0 Å². The molecule has 1 aromatic carbocycles. The predicted molar refractivity (Wildman–Crippen MR) is 114 cm³/mol. The number of hydrazone groups is 1. The maximum atomic E-state index is 11.8. The number of benzene rings is 1. The fraction of sp³-hybridized carbons (Fsp3) is 0.200. The number of nitrogens with one attached hydrogen (secondary N) is 1. The van der Waals surface area contributed by atoms with Crippen molar-refractivity contribution in [3.8, 4) is 5.00 Å². The van der Waals surface area contributed by atoms with Crippen LogP contribution in [0.1, 0.15) is 37.7 Å². The van der Waals surface area contributed by atoms with Gasteiger partial charge in [-0.2, -0.15) is 5.10 Å². The molecular weight excluding hydrogens is 392 g/mol. The molecule has 3 aromatic rings. The lowest BCUT2D eigenvalue weighted by atomic mass is 10.1. The predicted octanol–water partition coefficient (Wildman–Crippen LogP) is 4.82. The average Bonchev–Trinajstić information content (AvgIpc) is 3.10. The van der Waals surface area contributed by atoms with Crippen molar-refractivity contribution in [1.82, 2.24) is 4.57 Å². The summed E-state index contributed by atoms with van der Waals surface area (Å²) in [6.45, 7) is 7.57. The molecule has 0 spiro atoms. The van der Waals surface area contributed by atoms with E-state index in [1.54, 1.807) is 18.3 Å². The molecular formula is C20H20N4O4S. The zero-order chi connectivity index (χ0) is 21.3. The molecule has 0 atom stereocenters. The van der Waals surface area contributed by atoms with Gasteiger partial charge in [0.05, 0.1) is 22.4 Å². The van der Waals surface area contributed by atoms with Crippen molar-refractivity contribution in [2.75, 3.05) is 5.43 Å². The molecule has 0 saturated carbocycles. The second-order valence-electron chi connectivity index (χ2n) is 6.60. The molecule has 0 amide bonds. The first-order valence-electron chi connectivity index (χ1n) is 8.76. The lowest BCUT2D eigenvalue weighted by Crippen LogP contribution is -2.06. The Morgan fingerprint density at radius 1 is 1.24 bits per heavy atom. The first kappa shape index (κ1) is 20.3. The standard InChI is InChI=1S/C20H20N4O4S/c1-11-9-15(10-21-22-16-5-7-17(8-6-16)24(27)28)13(3)23(11)19-18(20(25)26)12(2)14(4)29-19/h5-10,22H,1-4H3,(H,25,26). The molecule has 0 aliphatic carbocycles. The minimum Gasteiger partial charge on any atom is -0.478 e. The zero-order valence-electron chi connectivity index (χ0n) is 16.4. The van der Waals surface area contributed by atoms with Crippen LogP contribution in [0.15, 0.2) is 35.4 Å². The molecule has 0 saturated heterocycles. The van der Waals surface area contributed by atoms with Crippen molar-refractivity contribution in [3.63, 3.8) is 0 Å². The number of hydrogen-bond donors (Lipinski definition) is 2. The number of hydrogen-bond acceptors (Lipinski definition) is 6. The molecule has 9 heteroatoms. The normalized spacial score (nSPS) is 11.2. The average molecular weight is 412 g/mol. The summed E-state index contributed by atoms with van der Waals surface area (Å²) in [5, 5.41) is 25.2. The van der Waals surface area contributed by atoms with Gasteiger partial charge in [0.15, 0.2) is 0 Å². The van der Waals surface area contributed by atoms with Crippen LogP contribution in [0.25, 0.3) is 5.00 Å². The molecule has 0 aliphatic rings. The van der Waals surface area contributed by atoms with E-state index in [4.69, 9.17) is 0 Å². The Bertz CT molecular complexity index is 1130. The van der Waals surface area contributed by atoms with Gasteiger partial charge < -0.3 is 9.67 Å². The second kappa shape index (κ2) is 7.88. The number of aromatic carboxylic acids is 1. The van der Waals surface area contributed by atoms with Gasteiger partial charge in [-0.1, -0.05) is 0 Å². The first-order valence-corrected chi connectivity index (χ1v) is 9.58. The Morgan fingerprint density at radius 2 is 1.90 bits per heavy atom. The van der Waals surface area contributed by atoms with Crippen LogP contribution < -0.4 is 5.43 Å². The van der Waals surface area contributed by atoms with Gasteiger partial charge in [-0.25, -0.2) is 4.79 Å². The Kier molecular flexibility index (Phi) is 5.51. The highest BCUT2D eigenvalue weighted by atomic mass is 32.1. The van der Waals surface area contributed by atoms with E-state index < -0.39 is 10.9 Å². The van der Waals surface area contributed by atoms with E-state index in [2.05, 4.69) is 10.5 Å². The van der Waals surface area contributed by atoms with Crippen LogP contribution in [-0.2, 0) is 0 Å². The summed E-state index contributed by atoms with van der Waals surface area (Å²) in [5.74, 6) is -0.940. The third kappa shape index (κ3) is 3.90. The zero-order valence-corrected chi connectivity index (χ0v) is 17.2. The molecule has 150 valence electrons. The van der Waals surface area contributed by atoms with Gasteiger partial charge in [-0.3, -0.25) is 15.5 Å². The van der Waals surface area contributed by atoms with Crippen LogP contribution >= 0.6 is 11.3 Å². The Hall–Kier alpha value is -3.46. The lowest BCUT2D eigenvalue weighted by Gasteiger charge is -2.09. The van der Waals surface area contributed by atoms with Crippen LogP contribution in [0, 0.1) is 37.8 Å². The molecule has 2 N–H and O–H groups in total. The van der Waals surface area contributed by atoms with Crippen molar-refractivity contribution in [2.24, 2.45) is 5.10 Å². The number of anilines is 1. The number of carbonyl (C=O) groups is 1. The highest BCUT2D eigenvalue weighted by Crippen LogP contribution is 2.33. The topological polar surface area (TPSA) is 110 Å². The van der Waals surface area contributed by atoms with Gasteiger partial charge in [0.1, 0.15) is 5.00 Å². The minimum atomic E-state index is -0.940. The van der Waals surface area contributed by atoms with Crippen LogP contribution in [-0.4, -0.2) is 26.8 Å². The van der Waals surface area contributed by atoms with Crippen molar-refractivity contribution in [2.45, 2.75) is 27.7 Å². The molecule has 2 heterocycles. The molecule has 0 aliphatic heterocycles. The summed E-state index contributed by atoms with van der Waals surface area (Å²) >= 11 is 1.46. The monoisotopic (exact) mass is 412 g/mol. The largest absolute Gasteiger partial charge is 0.478 e. The second-order valence-corrected chi connectivity index (χ2v) is 7.81. The summed E-state index contributed by atoms with van der Waals surface area (Å²) in [5.41, 5.74) is 7.20. The van der Waals surface area contributed by atoms with E-state index in [-0.39, 0.29) is 5.69 Å². The molecule has 0 unspecified atom stereocenters. The maximum Gasteiger partial charge on any atom is 0.339 e. The Morgan fingerprint density at radius 3 is 2.48 bits per heavy atom. The summed E-state index contributed by atoms with van der Waals surface area (Å²) in [7, 11) is 0. The van der Waals surface area contributed by atoms with Crippen molar-refractivity contribution in [3.05, 3.63) is 73.4 Å². The molecule has 2 aromatic heterocycles. The minimum absolute atomic E-state index is 0.0128. The van der Waals surface area contributed by atoms with Gasteiger partial charge in [-0.15, -0.1) is 11.3 Å². The van der Waals surface area contributed by atoms with Gasteiger partial charge in [0, 0.05) is 34.0 Å². The first-order chi connectivity index (χ1) is 13.7. The third-order valence-electron chi connectivity index (χ3n) is 4.73. The molecule has 0 radical (unpaired) electrons. The molecule has 29 heavy (non-hydrogen) atoms. The van der Waals surface area contributed by atoms with Gasteiger partial charge in [-0.05, 0) is 51.5 Å². The van der Waals surface area contributed by atoms with Crippen LogP contribution in [0.5, 0.6) is 0 Å². The number of nitro benzene ring substituents is 1. The number of carboxylic acid groups (broad SMARTS) is 1. The number of aromatic nitrogens is 1. The third-order valence-corrected chi connectivity index (χ3v) is 5.92. The van der Waals surface area contributed by atoms with E-state index in [9.17, 15) is 20.0 Å². The summed E-state index contributed by atoms with van der Waals surface area (Å²) in [6, 6.07) is 7.90. The number of aryl methyl sites for hydroxylation is 2. The SMILES string of the molecule is Cc1sc(-n2c(C)cc(C=NNc3ccc([N+](=O)[O-])cc3)c2C)c(C(=O)O)c1C. The van der Waals surface area contributed by atoms with Gasteiger partial charge in [0.25, 0.3) is 5.69 Å². The van der Waals surface area contributed by atoms with E-state index in [0.717, 1.165) is 27.4 Å². The summed E-state index contributed by atoms with van der Waals surface area (Å²) in [6.07, 6.45) is 1.65. The number of carboxylic acids is 1. The Labute approximate surface area is 171 Å². The van der Waals surface area contributed by atoms with Crippen molar-refractivity contribution >= 4 is 34.9 Å². The van der Waals surface area contributed by atoms with Gasteiger partial charge in [0.2, 0.25) is 0 Å². The fourth-order valence-electron chi connectivity index (χ4n) is 3.08. The molecule has 0 bridgehead atoms. The number of nitrogens with zero attached hydrogens (tertiary/aromatic N) is 3. The molecule has 0 fully saturated rings. The molecule has 8 nitrogen and oxygen atoms in total. The number of rotatable bonds is 6. The summed E-state index contributed by atoms with van der Waals surface area (Å²) < 4.78 is 1.93. The smallest absolute Gasteiger partial charge is 0.339 e. The molecule has 3 rings (SSSR count). The van der Waals surface area contributed by atoms with Crippen LogP contribution in [0.4, 0.5) is 11.4 Å². The van der Waals surface area contributed by atoms with E-state index in [1.165, 1.54) is 23.5 Å². The Balaban J connectivity index is 1.89. The van der Waals surface area contributed by atoms with Gasteiger partial charge >= 0.3 is 5.97 Å². The highest BCUT2D eigenvalue weighted by Gasteiger charge is 2.22. The maximum absolute atomic E-state index is 11.8. The van der Waals surface area contributed by atoms with E-state index in [0.29, 0.717) is 16.3 Å². The quantitative estimate of drug-likeness (QED) is 0.342. The van der Waals surface area contributed by atoms with Crippen LogP contribution in [0.2, 0.25) is 0 Å². The van der Waals surface area contributed by atoms with Crippen LogP contribution in [0.3, 0.4) is 0 Å². The van der Waals surface area contributed by atoms with Crippen molar-refractivity contribution < 1.29 is 14.8 Å². The number of non-ortho nitro benzene ring substituents is 1. The number of thiophene rings is 1. The van der Waals surface area contributed by atoms with E-state index in [1.807, 2.05) is 38.3 Å². The fourth-order valence-corrected chi connectivity index (χ4v) is 4.34. The highest BCUT2D eigenvalue weighted by molar-refractivity contribution is 7.15. The lowest BCUT2D eigenvalue weighted by molar-refractivity contribution is -0.384. The van der Waals surface area contributed by atoms with E-state index >= 15 is 0 Å². The number of nitro groups is 1.